The number of hydrogen-bond acceptors (Lipinski definition) is 6. The zero-order valence-corrected chi connectivity index (χ0v) is 7.28. The zero-order chi connectivity index (χ0) is 10.6. The first-order valence-electron chi connectivity index (χ1n) is 3.93. The van der Waals surface area contributed by atoms with Crippen LogP contribution in [0.25, 0.3) is 0 Å². The van der Waals surface area contributed by atoms with E-state index in [1.165, 1.54) is 6.92 Å². The number of aliphatic hydroxyl groups is 6. The molecule has 0 heterocycles. The molecule has 80 valence electrons. The quantitative estimate of drug-likeness (QED) is 0.261. The summed E-state index contributed by atoms with van der Waals surface area (Å²) in [5.41, 5.74) is 0. The van der Waals surface area contributed by atoms with Gasteiger partial charge in [-0.15, -0.1) is 0 Å². The lowest BCUT2D eigenvalue weighted by atomic mass is 9.97. The lowest BCUT2D eigenvalue weighted by molar-refractivity contribution is -0.183. The molecule has 4 unspecified atom stereocenters. The Balaban J connectivity index is 4.15. The lowest BCUT2D eigenvalue weighted by Gasteiger charge is -2.26. The van der Waals surface area contributed by atoms with Crippen molar-refractivity contribution in [3.63, 3.8) is 0 Å². The number of hydrogen-bond donors (Lipinski definition) is 6. The highest BCUT2D eigenvalue weighted by Crippen LogP contribution is 2.11. The van der Waals surface area contributed by atoms with E-state index in [1.807, 2.05) is 0 Å². The van der Waals surface area contributed by atoms with E-state index >= 15 is 0 Å². The minimum Gasteiger partial charge on any atom is -0.396 e. The van der Waals surface area contributed by atoms with Gasteiger partial charge in [-0.25, -0.2) is 0 Å². The molecule has 4 atom stereocenters. The Morgan fingerprint density at radius 3 is 1.62 bits per heavy atom. The summed E-state index contributed by atoms with van der Waals surface area (Å²) in [6.07, 6.45) is -7.05. The van der Waals surface area contributed by atoms with Gasteiger partial charge in [-0.2, -0.15) is 0 Å². The van der Waals surface area contributed by atoms with Crippen molar-refractivity contribution in [1.82, 2.24) is 0 Å². The third kappa shape index (κ3) is 3.55. The van der Waals surface area contributed by atoms with Crippen molar-refractivity contribution in [2.24, 2.45) is 5.92 Å². The standard InChI is InChI=1S/C7H16O6/c1-3(2-8)4(9)5(10)6(11)7(12)13/h3-13H,2H2,1H3. The van der Waals surface area contributed by atoms with Crippen molar-refractivity contribution >= 4 is 0 Å². The van der Waals surface area contributed by atoms with E-state index in [2.05, 4.69) is 0 Å². The van der Waals surface area contributed by atoms with E-state index in [0.717, 1.165) is 0 Å². The van der Waals surface area contributed by atoms with E-state index in [-0.39, 0.29) is 6.61 Å². The third-order valence-corrected chi connectivity index (χ3v) is 1.88. The van der Waals surface area contributed by atoms with Crippen LogP contribution in [0, 0.1) is 5.92 Å². The Kier molecular flexibility index (Phi) is 5.38. The van der Waals surface area contributed by atoms with Gasteiger partial charge in [0.2, 0.25) is 0 Å². The molecule has 6 heteroatoms. The van der Waals surface area contributed by atoms with E-state index in [0.29, 0.717) is 0 Å². The molecule has 0 rings (SSSR count). The van der Waals surface area contributed by atoms with E-state index < -0.39 is 30.5 Å². The topological polar surface area (TPSA) is 121 Å². The minimum atomic E-state index is -2.12. The second kappa shape index (κ2) is 5.48. The van der Waals surface area contributed by atoms with Gasteiger partial charge < -0.3 is 30.6 Å². The maximum atomic E-state index is 9.21. The zero-order valence-electron chi connectivity index (χ0n) is 7.28. The summed E-state index contributed by atoms with van der Waals surface area (Å²) in [7, 11) is 0. The maximum absolute atomic E-state index is 9.21. The fourth-order valence-electron chi connectivity index (χ4n) is 0.823. The molecule has 0 spiro atoms. The van der Waals surface area contributed by atoms with Gasteiger partial charge in [-0.05, 0) is 0 Å². The fraction of sp³-hybridized carbons (Fsp3) is 1.00. The van der Waals surface area contributed by atoms with Crippen LogP contribution in [-0.2, 0) is 0 Å². The van der Waals surface area contributed by atoms with Crippen molar-refractivity contribution in [2.75, 3.05) is 6.61 Å². The van der Waals surface area contributed by atoms with E-state index in [4.69, 9.17) is 25.5 Å². The van der Waals surface area contributed by atoms with Crippen molar-refractivity contribution in [1.29, 1.82) is 0 Å². The van der Waals surface area contributed by atoms with Gasteiger partial charge in [0.1, 0.15) is 12.2 Å². The van der Waals surface area contributed by atoms with Crippen molar-refractivity contribution in [3.05, 3.63) is 0 Å². The molecule has 0 aromatic rings. The van der Waals surface area contributed by atoms with Gasteiger partial charge in [-0.1, -0.05) is 6.92 Å². The summed E-state index contributed by atoms with van der Waals surface area (Å²) in [6, 6.07) is 0. The van der Waals surface area contributed by atoms with E-state index in [1.54, 1.807) is 0 Å². The van der Waals surface area contributed by atoms with Gasteiger partial charge >= 0.3 is 0 Å². The molecule has 0 amide bonds. The van der Waals surface area contributed by atoms with Crippen molar-refractivity contribution in [2.45, 2.75) is 31.5 Å². The molecule has 13 heavy (non-hydrogen) atoms. The van der Waals surface area contributed by atoms with Crippen LogP contribution in [0.2, 0.25) is 0 Å². The number of rotatable bonds is 5. The molecular weight excluding hydrogens is 180 g/mol. The monoisotopic (exact) mass is 196 g/mol. The Labute approximate surface area is 75.7 Å². The summed E-state index contributed by atoms with van der Waals surface area (Å²) >= 11 is 0. The van der Waals surface area contributed by atoms with Crippen molar-refractivity contribution < 1.29 is 30.6 Å². The number of aliphatic hydroxyl groups excluding tert-OH is 5. The molecule has 0 bridgehead atoms. The first-order valence-corrected chi connectivity index (χ1v) is 3.93. The molecule has 0 fully saturated rings. The summed E-state index contributed by atoms with van der Waals surface area (Å²) in [5.74, 6) is -0.650. The van der Waals surface area contributed by atoms with Gasteiger partial charge in [0, 0.05) is 12.5 Å². The Hall–Kier alpha value is -0.240. The second-order valence-corrected chi connectivity index (χ2v) is 3.05. The second-order valence-electron chi connectivity index (χ2n) is 3.05. The smallest absolute Gasteiger partial charge is 0.180 e. The van der Waals surface area contributed by atoms with Gasteiger partial charge in [-0.3, -0.25) is 0 Å². The molecule has 0 saturated carbocycles. The highest BCUT2D eigenvalue weighted by molar-refractivity contribution is 4.79. The Morgan fingerprint density at radius 2 is 1.31 bits per heavy atom. The van der Waals surface area contributed by atoms with Gasteiger partial charge in [0.15, 0.2) is 6.29 Å². The fourth-order valence-corrected chi connectivity index (χ4v) is 0.823. The molecule has 0 aromatic heterocycles. The van der Waals surface area contributed by atoms with E-state index in [9.17, 15) is 5.11 Å². The van der Waals surface area contributed by atoms with Crippen LogP contribution in [0.1, 0.15) is 6.92 Å². The first kappa shape index (κ1) is 12.8. The largest absolute Gasteiger partial charge is 0.396 e. The summed E-state index contributed by atoms with van der Waals surface area (Å²) in [4.78, 5) is 0. The van der Waals surface area contributed by atoms with Crippen LogP contribution in [0.5, 0.6) is 0 Å². The van der Waals surface area contributed by atoms with Crippen molar-refractivity contribution in [3.8, 4) is 0 Å². The highest BCUT2D eigenvalue weighted by atomic mass is 16.5. The van der Waals surface area contributed by atoms with Gasteiger partial charge in [0.25, 0.3) is 0 Å². The van der Waals surface area contributed by atoms with Crippen LogP contribution < -0.4 is 0 Å². The summed E-state index contributed by atoms with van der Waals surface area (Å²) < 4.78 is 0. The lowest BCUT2D eigenvalue weighted by Crippen LogP contribution is -2.47. The first-order chi connectivity index (χ1) is 5.91. The molecule has 0 aliphatic rings. The molecule has 6 N–H and O–H groups in total. The molecule has 0 radical (unpaired) electrons. The Morgan fingerprint density at radius 1 is 0.846 bits per heavy atom. The molecule has 6 nitrogen and oxygen atoms in total. The predicted octanol–water partition coefficient (Wildman–Crippen LogP) is -2.99. The van der Waals surface area contributed by atoms with Crippen LogP contribution in [-0.4, -0.2) is 61.8 Å². The summed E-state index contributed by atoms with van der Waals surface area (Å²) in [5, 5.41) is 52.8. The Bertz CT molecular complexity index is 139. The third-order valence-electron chi connectivity index (χ3n) is 1.88. The molecular formula is C7H16O6. The molecule has 0 aliphatic carbocycles. The SMILES string of the molecule is CC(CO)C(O)C(O)C(O)C(O)O. The summed E-state index contributed by atoms with van der Waals surface area (Å²) in [6.45, 7) is 1.08. The minimum absolute atomic E-state index is 0.369. The maximum Gasteiger partial charge on any atom is 0.180 e. The van der Waals surface area contributed by atoms with Crippen LogP contribution >= 0.6 is 0 Å². The average Bonchev–Trinajstić information content (AvgIpc) is 2.12. The van der Waals surface area contributed by atoms with Crippen LogP contribution in [0.3, 0.4) is 0 Å². The predicted molar refractivity (Wildman–Crippen MR) is 42.5 cm³/mol. The molecule has 0 aromatic carbocycles. The van der Waals surface area contributed by atoms with Crippen LogP contribution in [0.15, 0.2) is 0 Å². The molecule has 0 saturated heterocycles. The molecule has 0 aliphatic heterocycles. The average molecular weight is 196 g/mol. The highest BCUT2D eigenvalue weighted by Gasteiger charge is 2.32. The van der Waals surface area contributed by atoms with Gasteiger partial charge in [0.05, 0.1) is 6.10 Å². The van der Waals surface area contributed by atoms with Crippen LogP contribution in [0.4, 0.5) is 0 Å². The normalized spacial score (nSPS) is 21.2.